The minimum atomic E-state index is -3.89. The summed E-state index contributed by atoms with van der Waals surface area (Å²) in [6.07, 6.45) is 0.432. The molecular weight excluding hydrogens is 432 g/mol. The molecule has 3 aromatic carbocycles. The van der Waals surface area contributed by atoms with Crippen LogP contribution >= 0.6 is 0 Å². The Balaban J connectivity index is 1.86. The maximum Gasteiger partial charge on any atom is 0.307 e. The number of sulfone groups is 1. The highest BCUT2D eigenvalue weighted by Gasteiger charge is 2.20. The van der Waals surface area contributed by atoms with E-state index in [2.05, 4.69) is 0 Å². The van der Waals surface area contributed by atoms with Crippen LogP contribution in [-0.4, -0.2) is 33.2 Å². The maximum absolute atomic E-state index is 13.2. The van der Waals surface area contributed by atoms with Crippen molar-refractivity contribution in [1.82, 2.24) is 0 Å². The van der Waals surface area contributed by atoms with Crippen LogP contribution in [0.25, 0.3) is 0 Å². The SMILES string of the molecule is CCCOc1cc(CC(=O)O)cc(S(=O)(=O)c2ccc(Oc3ccc(OC)cc3)cc2)c1. The lowest BCUT2D eigenvalue weighted by atomic mass is 10.1. The van der Waals surface area contributed by atoms with Gasteiger partial charge < -0.3 is 19.3 Å². The third-order valence-electron chi connectivity index (χ3n) is 4.51. The topological polar surface area (TPSA) is 99.1 Å². The van der Waals surface area contributed by atoms with Gasteiger partial charge in [0.25, 0.3) is 0 Å². The van der Waals surface area contributed by atoms with Crippen molar-refractivity contribution in [3.8, 4) is 23.0 Å². The zero-order valence-corrected chi connectivity index (χ0v) is 18.6. The summed E-state index contributed by atoms with van der Waals surface area (Å²) in [7, 11) is -2.31. The molecule has 0 unspecified atom stereocenters. The van der Waals surface area contributed by atoms with Crippen molar-refractivity contribution >= 4 is 15.8 Å². The van der Waals surface area contributed by atoms with Gasteiger partial charge in [-0.25, -0.2) is 8.42 Å². The van der Waals surface area contributed by atoms with Gasteiger partial charge >= 0.3 is 5.97 Å². The van der Waals surface area contributed by atoms with E-state index in [1.165, 1.54) is 24.3 Å². The van der Waals surface area contributed by atoms with Gasteiger partial charge in [0.2, 0.25) is 9.84 Å². The summed E-state index contributed by atoms with van der Waals surface area (Å²) in [5.41, 5.74) is 0.351. The molecule has 0 amide bonds. The summed E-state index contributed by atoms with van der Waals surface area (Å²) in [4.78, 5) is 11.2. The second-order valence-corrected chi connectivity index (χ2v) is 8.93. The van der Waals surface area contributed by atoms with Gasteiger partial charge in [0, 0.05) is 0 Å². The molecule has 7 nitrogen and oxygen atoms in total. The van der Waals surface area contributed by atoms with Crippen molar-refractivity contribution in [3.05, 3.63) is 72.3 Å². The van der Waals surface area contributed by atoms with E-state index in [1.54, 1.807) is 49.6 Å². The summed E-state index contributed by atoms with van der Waals surface area (Å²) >= 11 is 0. The smallest absolute Gasteiger partial charge is 0.307 e. The monoisotopic (exact) mass is 456 g/mol. The Bertz CT molecular complexity index is 1170. The first-order valence-corrected chi connectivity index (χ1v) is 11.5. The van der Waals surface area contributed by atoms with Crippen molar-refractivity contribution in [2.24, 2.45) is 0 Å². The van der Waals surface area contributed by atoms with Crippen LogP contribution in [-0.2, 0) is 21.1 Å². The predicted molar refractivity (Wildman–Crippen MR) is 119 cm³/mol. The molecule has 3 rings (SSSR count). The normalized spacial score (nSPS) is 11.1. The summed E-state index contributed by atoms with van der Waals surface area (Å²) < 4.78 is 42.8. The van der Waals surface area contributed by atoms with E-state index in [0.29, 0.717) is 35.2 Å². The Morgan fingerprint density at radius 2 is 1.44 bits per heavy atom. The highest BCUT2D eigenvalue weighted by atomic mass is 32.2. The number of ether oxygens (including phenoxy) is 3. The van der Waals surface area contributed by atoms with Gasteiger partial charge in [-0.2, -0.15) is 0 Å². The van der Waals surface area contributed by atoms with Crippen LogP contribution in [0.4, 0.5) is 0 Å². The Labute approximate surface area is 187 Å². The lowest BCUT2D eigenvalue weighted by Crippen LogP contribution is -2.07. The third-order valence-corrected chi connectivity index (χ3v) is 6.26. The van der Waals surface area contributed by atoms with Gasteiger partial charge in [0.1, 0.15) is 23.0 Å². The van der Waals surface area contributed by atoms with Crippen molar-refractivity contribution in [2.75, 3.05) is 13.7 Å². The number of hydrogen-bond donors (Lipinski definition) is 1. The average Bonchev–Trinajstić information content (AvgIpc) is 2.78. The second kappa shape index (κ2) is 10.2. The molecule has 0 radical (unpaired) electrons. The number of aliphatic carboxylic acids is 1. The van der Waals surface area contributed by atoms with Gasteiger partial charge in [0.15, 0.2) is 0 Å². The molecular formula is C24H24O7S. The minimum Gasteiger partial charge on any atom is -0.497 e. The van der Waals surface area contributed by atoms with Gasteiger partial charge in [-0.3, -0.25) is 4.79 Å². The molecule has 0 fully saturated rings. The maximum atomic E-state index is 13.2. The molecule has 1 N–H and O–H groups in total. The van der Waals surface area contributed by atoms with Crippen LogP contribution in [0.5, 0.6) is 23.0 Å². The highest BCUT2D eigenvalue weighted by Crippen LogP contribution is 2.29. The Morgan fingerprint density at radius 3 is 2.00 bits per heavy atom. The summed E-state index contributed by atoms with van der Waals surface area (Å²) in [6, 6.07) is 17.4. The fraction of sp³-hybridized carbons (Fsp3) is 0.208. The average molecular weight is 457 g/mol. The van der Waals surface area contributed by atoms with E-state index in [1.807, 2.05) is 6.92 Å². The largest absolute Gasteiger partial charge is 0.497 e. The molecule has 0 atom stereocenters. The highest BCUT2D eigenvalue weighted by molar-refractivity contribution is 7.91. The molecule has 0 aliphatic carbocycles. The number of benzene rings is 3. The van der Waals surface area contributed by atoms with E-state index in [4.69, 9.17) is 19.3 Å². The van der Waals surface area contributed by atoms with Gasteiger partial charge in [-0.05, 0) is 78.7 Å². The number of carboxylic acid groups (broad SMARTS) is 1. The van der Waals surface area contributed by atoms with Crippen LogP contribution < -0.4 is 14.2 Å². The minimum absolute atomic E-state index is 0.0221. The first-order valence-electron chi connectivity index (χ1n) is 9.97. The van der Waals surface area contributed by atoms with Crippen LogP contribution in [0.2, 0.25) is 0 Å². The zero-order chi connectivity index (χ0) is 23.1. The number of rotatable bonds is 10. The van der Waals surface area contributed by atoms with E-state index in [9.17, 15) is 13.2 Å². The predicted octanol–water partition coefficient (Wildman–Crippen LogP) is 4.74. The molecule has 0 bridgehead atoms. The summed E-state index contributed by atoms with van der Waals surface area (Å²) in [5.74, 6) is 1.03. The van der Waals surface area contributed by atoms with Crippen LogP contribution in [0.15, 0.2) is 76.5 Å². The van der Waals surface area contributed by atoms with E-state index in [-0.39, 0.29) is 16.2 Å². The number of methoxy groups -OCH3 is 1. The molecule has 0 saturated heterocycles. The first kappa shape index (κ1) is 23.1. The second-order valence-electron chi connectivity index (χ2n) is 6.98. The van der Waals surface area contributed by atoms with Crippen LogP contribution in [0.3, 0.4) is 0 Å². The summed E-state index contributed by atoms with van der Waals surface area (Å²) in [6.45, 7) is 2.32. The Hall–Kier alpha value is -3.52. The lowest BCUT2D eigenvalue weighted by molar-refractivity contribution is -0.136. The van der Waals surface area contributed by atoms with Gasteiger partial charge in [-0.1, -0.05) is 6.92 Å². The van der Waals surface area contributed by atoms with E-state index in [0.717, 1.165) is 6.42 Å². The number of hydrogen-bond acceptors (Lipinski definition) is 6. The van der Waals surface area contributed by atoms with Crippen LogP contribution in [0.1, 0.15) is 18.9 Å². The van der Waals surface area contributed by atoms with Crippen LogP contribution in [0, 0.1) is 0 Å². The van der Waals surface area contributed by atoms with Crippen molar-refractivity contribution in [1.29, 1.82) is 0 Å². The molecule has 168 valence electrons. The standard InChI is InChI=1S/C24H24O7S/c1-3-12-30-21-13-17(15-24(25)26)14-23(16-21)32(27,28)22-10-8-20(9-11-22)31-19-6-4-18(29-2)5-7-19/h4-11,13-14,16H,3,12,15H2,1-2H3,(H,25,26). The quantitative estimate of drug-likeness (QED) is 0.470. The molecule has 8 heteroatoms. The number of carboxylic acids is 1. The molecule has 3 aromatic rings. The molecule has 0 saturated carbocycles. The molecule has 0 aromatic heterocycles. The van der Waals surface area contributed by atoms with Gasteiger partial charge in [0.05, 0.1) is 29.9 Å². The zero-order valence-electron chi connectivity index (χ0n) is 17.8. The molecule has 0 heterocycles. The molecule has 0 spiro atoms. The fourth-order valence-electron chi connectivity index (χ4n) is 2.97. The summed E-state index contributed by atoms with van der Waals surface area (Å²) in [5, 5.41) is 9.11. The van der Waals surface area contributed by atoms with E-state index >= 15 is 0 Å². The Morgan fingerprint density at radius 1 is 0.844 bits per heavy atom. The van der Waals surface area contributed by atoms with Crippen molar-refractivity contribution in [3.63, 3.8) is 0 Å². The fourth-order valence-corrected chi connectivity index (χ4v) is 4.31. The van der Waals surface area contributed by atoms with Crippen molar-refractivity contribution < 1.29 is 32.5 Å². The van der Waals surface area contributed by atoms with Crippen molar-refractivity contribution in [2.45, 2.75) is 29.6 Å². The Kier molecular flexibility index (Phi) is 7.37. The molecule has 0 aliphatic heterocycles. The number of carbonyl (C=O) groups is 1. The molecule has 32 heavy (non-hydrogen) atoms. The van der Waals surface area contributed by atoms with Gasteiger partial charge in [-0.15, -0.1) is 0 Å². The van der Waals surface area contributed by atoms with E-state index < -0.39 is 15.8 Å². The lowest BCUT2D eigenvalue weighted by Gasteiger charge is -2.12. The first-order chi connectivity index (χ1) is 15.3. The third kappa shape index (κ3) is 5.79. The molecule has 0 aliphatic rings.